The number of nitrogens with zero attached hydrogens (tertiary/aromatic N) is 1. The van der Waals surface area contributed by atoms with E-state index in [1.54, 1.807) is 24.3 Å². The first kappa shape index (κ1) is 18.1. The lowest BCUT2D eigenvalue weighted by molar-refractivity contribution is -0.274. The van der Waals surface area contributed by atoms with Crippen LogP contribution in [0, 0.1) is 0 Å². The third-order valence-electron chi connectivity index (χ3n) is 3.66. The Morgan fingerprint density at radius 2 is 1.65 bits per heavy atom. The van der Waals surface area contributed by atoms with Crippen molar-refractivity contribution in [2.24, 2.45) is 0 Å². The van der Waals surface area contributed by atoms with Crippen LogP contribution in [0.15, 0.2) is 48.5 Å². The second-order valence-corrected chi connectivity index (χ2v) is 5.95. The fraction of sp³-hybridized carbons (Fsp3) is 0.176. The fourth-order valence-corrected chi connectivity index (χ4v) is 2.69. The number of halogens is 4. The summed E-state index contributed by atoms with van der Waals surface area (Å²) in [5, 5.41) is 3.32. The van der Waals surface area contributed by atoms with Crippen molar-refractivity contribution in [2.75, 3.05) is 10.2 Å². The number of anilines is 2. The summed E-state index contributed by atoms with van der Waals surface area (Å²) in [6, 6.07) is 10.4. The SMILES string of the molecule is O=C1C[C@@H](Nc2ccc(OC(F)(F)F)cc2)C(=O)N1c1ccc(Cl)cc1. The molecule has 9 heteroatoms. The minimum absolute atomic E-state index is 0.0672. The molecule has 0 bridgehead atoms. The van der Waals surface area contributed by atoms with Crippen LogP contribution in [0.3, 0.4) is 0 Å². The van der Waals surface area contributed by atoms with E-state index in [1.165, 1.54) is 12.1 Å². The first-order valence-electron chi connectivity index (χ1n) is 7.48. The summed E-state index contributed by atoms with van der Waals surface area (Å²) in [7, 11) is 0. The van der Waals surface area contributed by atoms with Gasteiger partial charge in [0.1, 0.15) is 11.8 Å². The molecular weight excluding hydrogens is 373 g/mol. The average molecular weight is 385 g/mol. The molecule has 1 aliphatic rings. The standard InChI is InChI=1S/C17H12ClF3N2O3/c18-10-1-5-12(6-2-10)23-15(24)9-14(16(23)25)22-11-3-7-13(8-4-11)26-17(19,20)21/h1-8,14,22H,9H2/t14-/m1/s1. The van der Waals surface area contributed by atoms with Gasteiger partial charge in [-0.1, -0.05) is 11.6 Å². The molecule has 0 aromatic heterocycles. The van der Waals surface area contributed by atoms with Gasteiger partial charge in [-0.15, -0.1) is 13.2 Å². The number of nitrogens with one attached hydrogen (secondary N) is 1. The molecule has 0 aliphatic carbocycles. The van der Waals surface area contributed by atoms with E-state index in [0.717, 1.165) is 17.0 Å². The highest BCUT2D eigenvalue weighted by molar-refractivity contribution is 6.30. The molecule has 2 amide bonds. The summed E-state index contributed by atoms with van der Waals surface area (Å²) in [4.78, 5) is 25.7. The Morgan fingerprint density at radius 3 is 2.23 bits per heavy atom. The van der Waals surface area contributed by atoms with E-state index in [1.807, 2.05) is 0 Å². The lowest BCUT2D eigenvalue weighted by Gasteiger charge is -2.16. The molecule has 2 aromatic rings. The van der Waals surface area contributed by atoms with Crippen LogP contribution >= 0.6 is 11.6 Å². The molecule has 26 heavy (non-hydrogen) atoms. The number of ether oxygens (including phenoxy) is 1. The number of amides is 2. The van der Waals surface area contributed by atoms with Crippen molar-refractivity contribution in [2.45, 2.75) is 18.8 Å². The maximum atomic E-state index is 12.5. The van der Waals surface area contributed by atoms with Crippen LogP contribution in [0.2, 0.25) is 5.02 Å². The molecule has 1 N–H and O–H groups in total. The highest BCUT2D eigenvalue weighted by atomic mass is 35.5. The van der Waals surface area contributed by atoms with Gasteiger partial charge >= 0.3 is 6.36 Å². The largest absolute Gasteiger partial charge is 0.573 e. The number of benzene rings is 2. The predicted molar refractivity (Wildman–Crippen MR) is 89.1 cm³/mol. The Labute approximate surface area is 151 Å². The van der Waals surface area contributed by atoms with Gasteiger partial charge in [-0.2, -0.15) is 0 Å². The predicted octanol–water partition coefficient (Wildman–Crippen LogP) is 3.98. The van der Waals surface area contributed by atoms with Gasteiger partial charge < -0.3 is 10.1 Å². The number of carbonyl (C=O) groups excluding carboxylic acids is 2. The van der Waals surface area contributed by atoms with Crippen molar-refractivity contribution in [3.63, 3.8) is 0 Å². The molecule has 1 aliphatic heterocycles. The van der Waals surface area contributed by atoms with Crippen LogP contribution < -0.4 is 15.0 Å². The molecular formula is C17H12ClF3N2O3. The van der Waals surface area contributed by atoms with E-state index in [-0.39, 0.29) is 18.1 Å². The van der Waals surface area contributed by atoms with Crippen molar-refractivity contribution in [1.29, 1.82) is 0 Å². The molecule has 0 saturated carbocycles. The summed E-state index contributed by atoms with van der Waals surface area (Å²) in [5.74, 6) is -1.21. The van der Waals surface area contributed by atoms with Crippen molar-refractivity contribution in [3.05, 3.63) is 53.6 Å². The Hall–Kier alpha value is -2.74. The van der Waals surface area contributed by atoms with Gasteiger partial charge in [0.05, 0.1) is 12.1 Å². The number of alkyl halides is 3. The monoisotopic (exact) mass is 384 g/mol. The maximum absolute atomic E-state index is 12.5. The minimum atomic E-state index is -4.78. The third-order valence-corrected chi connectivity index (χ3v) is 3.91. The lowest BCUT2D eigenvalue weighted by Crippen LogP contribution is -2.34. The molecule has 5 nitrogen and oxygen atoms in total. The average Bonchev–Trinajstić information content (AvgIpc) is 2.83. The highest BCUT2D eigenvalue weighted by Gasteiger charge is 2.39. The highest BCUT2D eigenvalue weighted by Crippen LogP contribution is 2.28. The Kier molecular flexibility index (Phi) is 4.78. The van der Waals surface area contributed by atoms with Crippen molar-refractivity contribution >= 4 is 34.8 Å². The Balaban J connectivity index is 1.70. The molecule has 1 saturated heterocycles. The van der Waals surface area contributed by atoms with Gasteiger partial charge in [0.25, 0.3) is 5.91 Å². The van der Waals surface area contributed by atoms with E-state index >= 15 is 0 Å². The van der Waals surface area contributed by atoms with Gasteiger partial charge in [-0.05, 0) is 48.5 Å². The molecule has 1 heterocycles. The number of imide groups is 1. The Bertz CT molecular complexity index is 823. The lowest BCUT2D eigenvalue weighted by atomic mass is 10.2. The van der Waals surface area contributed by atoms with Crippen LogP contribution in [0.25, 0.3) is 0 Å². The maximum Gasteiger partial charge on any atom is 0.573 e. The summed E-state index contributed by atoms with van der Waals surface area (Å²) < 4.78 is 40.3. The molecule has 0 radical (unpaired) electrons. The van der Waals surface area contributed by atoms with E-state index in [4.69, 9.17) is 11.6 Å². The normalized spacial score (nSPS) is 17.5. The van der Waals surface area contributed by atoms with Crippen LogP contribution in [-0.4, -0.2) is 24.2 Å². The molecule has 2 aromatic carbocycles. The minimum Gasteiger partial charge on any atom is -0.406 e. The molecule has 1 atom stereocenters. The van der Waals surface area contributed by atoms with E-state index in [2.05, 4.69) is 10.1 Å². The number of carbonyl (C=O) groups is 2. The van der Waals surface area contributed by atoms with E-state index in [9.17, 15) is 22.8 Å². The van der Waals surface area contributed by atoms with E-state index in [0.29, 0.717) is 16.4 Å². The first-order valence-corrected chi connectivity index (χ1v) is 7.85. The molecule has 136 valence electrons. The van der Waals surface area contributed by atoms with Crippen LogP contribution in [0.1, 0.15) is 6.42 Å². The summed E-state index contributed by atoms with van der Waals surface area (Å²) in [5.41, 5.74) is 0.797. The van der Waals surface area contributed by atoms with Gasteiger partial charge in [0.2, 0.25) is 5.91 Å². The zero-order chi connectivity index (χ0) is 18.9. The van der Waals surface area contributed by atoms with E-state index < -0.39 is 18.3 Å². The molecule has 0 spiro atoms. The topological polar surface area (TPSA) is 58.6 Å². The quantitative estimate of drug-likeness (QED) is 0.810. The molecule has 0 unspecified atom stereocenters. The zero-order valence-electron chi connectivity index (χ0n) is 13.1. The Morgan fingerprint density at radius 1 is 1.04 bits per heavy atom. The zero-order valence-corrected chi connectivity index (χ0v) is 13.8. The van der Waals surface area contributed by atoms with Gasteiger partial charge in [-0.3, -0.25) is 9.59 Å². The van der Waals surface area contributed by atoms with Crippen molar-refractivity contribution in [3.8, 4) is 5.75 Å². The number of hydrogen-bond donors (Lipinski definition) is 1. The second-order valence-electron chi connectivity index (χ2n) is 5.52. The van der Waals surface area contributed by atoms with Gasteiger partial charge in [0.15, 0.2) is 0 Å². The van der Waals surface area contributed by atoms with Crippen molar-refractivity contribution in [1.82, 2.24) is 0 Å². The summed E-state index contributed by atoms with van der Waals surface area (Å²) in [6.07, 6.45) is -4.84. The molecule has 3 rings (SSSR count). The van der Waals surface area contributed by atoms with Gasteiger partial charge in [0, 0.05) is 10.7 Å². The number of rotatable bonds is 4. The van der Waals surface area contributed by atoms with Crippen LogP contribution in [0.5, 0.6) is 5.75 Å². The fourth-order valence-electron chi connectivity index (χ4n) is 2.56. The molecule has 1 fully saturated rings. The van der Waals surface area contributed by atoms with Crippen molar-refractivity contribution < 1.29 is 27.5 Å². The van der Waals surface area contributed by atoms with Crippen LogP contribution in [0.4, 0.5) is 24.5 Å². The van der Waals surface area contributed by atoms with Crippen LogP contribution in [-0.2, 0) is 9.59 Å². The van der Waals surface area contributed by atoms with Gasteiger partial charge in [-0.25, -0.2) is 4.90 Å². The second kappa shape index (κ2) is 6.87. The summed E-state index contributed by atoms with van der Waals surface area (Å²) >= 11 is 5.80. The summed E-state index contributed by atoms with van der Waals surface area (Å²) in [6.45, 7) is 0. The first-order chi connectivity index (χ1) is 12.2. The third kappa shape index (κ3) is 4.08. The number of hydrogen-bond acceptors (Lipinski definition) is 4. The smallest absolute Gasteiger partial charge is 0.406 e.